The highest BCUT2D eigenvalue weighted by Gasteiger charge is 2.27. The first-order valence-electron chi connectivity index (χ1n) is 16.8. The van der Waals surface area contributed by atoms with Crippen LogP contribution in [0.3, 0.4) is 0 Å². The Balaban J connectivity index is 0.000000194. The van der Waals surface area contributed by atoms with Crippen molar-refractivity contribution in [1.29, 1.82) is 0 Å². The maximum atomic E-state index is 12.8. The van der Waals surface area contributed by atoms with Crippen LogP contribution in [0.4, 0.5) is 31.2 Å². The van der Waals surface area contributed by atoms with Crippen LogP contribution in [0.1, 0.15) is 96.0 Å². The van der Waals surface area contributed by atoms with Crippen LogP contribution in [0, 0.1) is 25.7 Å². The molecule has 2 heterocycles. The van der Waals surface area contributed by atoms with Crippen molar-refractivity contribution in [3.05, 3.63) is 64.5 Å². The molecule has 0 atom stereocenters. The quantitative estimate of drug-likeness (QED) is 0.117. The standard InChI is InChI=1S/C18H22N4O2S.C17H20N4O3S/c1-3-15-20-18(25-22-15)21-17(24)19-14-9-8-11(2)10-13(14)16(23)12-6-4-5-7-12;1-10-7-8-13(12(9-10)14(22)11-5-3-4-6-11)18-15(23)19-17-20-16(24-2)21-25-17/h8-10,12H,3-7H2,1-2H3,(H2,19,20,21,22,24);7-9,11H,3-6H2,1-2H3,(H2,18,19,20,21,23). The highest BCUT2D eigenvalue weighted by Crippen LogP contribution is 2.32. The van der Waals surface area contributed by atoms with Crippen molar-refractivity contribution in [2.24, 2.45) is 11.8 Å². The van der Waals surface area contributed by atoms with Crippen molar-refractivity contribution in [3.63, 3.8) is 0 Å². The van der Waals surface area contributed by atoms with E-state index < -0.39 is 12.1 Å². The van der Waals surface area contributed by atoms with Crippen LogP contribution >= 0.6 is 23.1 Å². The van der Waals surface area contributed by atoms with Gasteiger partial charge in [-0.2, -0.15) is 9.36 Å². The number of rotatable bonds is 10. The summed E-state index contributed by atoms with van der Waals surface area (Å²) in [6.45, 7) is 5.84. The van der Waals surface area contributed by atoms with E-state index in [-0.39, 0.29) is 29.4 Å². The van der Waals surface area contributed by atoms with Crippen LogP contribution < -0.4 is 26.0 Å². The maximum Gasteiger partial charge on any atom is 0.329 e. The van der Waals surface area contributed by atoms with E-state index >= 15 is 0 Å². The Kier molecular flexibility index (Phi) is 12.6. The molecule has 2 saturated carbocycles. The van der Waals surface area contributed by atoms with Crippen LogP contribution in [0.2, 0.25) is 0 Å². The molecule has 6 rings (SSSR count). The summed E-state index contributed by atoms with van der Waals surface area (Å²) in [5.41, 5.74) is 4.20. The molecule has 2 aliphatic carbocycles. The van der Waals surface area contributed by atoms with Crippen molar-refractivity contribution in [1.82, 2.24) is 18.7 Å². The molecule has 2 aliphatic rings. The van der Waals surface area contributed by atoms with E-state index in [1.54, 1.807) is 12.1 Å². The topological polar surface area (TPSA) is 177 Å². The third-order valence-corrected chi connectivity index (χ3v) is 9.93. The van der Waals surface area contributed by atoms with E-state index in [0.29, 0.717) is 38.6 Å². The summed E-state index contributed by atoms with van der Waals surface area (Å²) < 4.78 is 12.9. The van der Waals surface area contributed by atoms with Crippen LogP contribution in [0.15, 0.2) is 36.4 Å². The number of benzene rings is 2. The minimum atomic E-state index is -0.469. The molecule has 0 spiro atoms. The molecule has 15 heteroatoms. The summed E-state index contributed by atoms with van der Waals surface area (Å²) in [5, 5.41) is 11.6. The first kappa shape index (κ1) is 36.5. The maximum absolute atomic E-state index is 12.8. The summed E-state index contributed by atoms with van der Waals surface area (Å²) in [4.78, 5) is 58.3. The first-order chi connectivity index (χ1) is 24.1. The number of anilines is 4. The Hall–Kier alpha value is -4.76. The van der Waals surface area contributed by atoms with Gasteiger partial charge in [0, 0.05) is 52.4 Å². The lowest BCUT2D eigenvalue weighted by Crippen LogP contribution is -2.22. The largest absolute Gasteiger partial charge is 0.466 e. The number of Topliss-reactive ketones (excluding diaryl/α,β-unsaturated/α-hetero) is 2. The first-order valence-corrected chi connectivity index (χ1v) is 18.3. The number of aryl methyl sites for hydroxylation is 3. The lowest BCUT2D eigenvalue weighted by atomic mass is 9.94. The fourth-order valence-corrected chi connectivity index (χ4v) is 7.23. The lowest BCUT2D eigenvalue weighted by Gasteiger charge is -2.14. The van der Waals surface area contributed by atoms with Gasteiger partial charge in [-0.1, -0.05) is 55.9 Å². The number of hydrogen-bond acceptors (Lipinski definition) is 11. The van der Waals surface area contributed by atoms with Gasteiger partial charge >= 0.3 is 18.1 Å². The Labute approximate surface area is 299 Å². The van der Waals surface area contributed by atoms with E-state index in [0.717, 1.165) is 92.0 Å². The summed E-state index contributed by atoms with van der Waals surface area (Å²) in [6.07, 6.45) is 8.80. The van der Waals surface area contributed by atoms with Crippen molar-refractivity contribution in [3.8, 4) is 6.01 Å². The molecule has 2 fully saturated rings. The zero-order valence-electron chi connectivity index (χ0n) is 28.6. The van der Waals surface area contributed by atoms with Crippen molar-refractivity contribution in [2.75, 3.05) is 28.4 Å². The van der Waals surface area contributed by atoms with E-state index in [9.17, 15) is 19.2 Å². The molecule has 4 N–H and O–H groups in total. The highest BCUT2D eigenvalue weighted by atomic mass is 32.1. The summed E-state index contributed by atoms with van der Waals surface area (Å²) >= 11 is 2.17. The highest BCUT2D eigenvalue weighted by molar-refractivity contribution is 7.10. The van der Waals surface area contributed by atoms with Crippen molar-refractivity contribution < 1.29 is 23.9 Å². The predicted octanol–water partition coefficient (Wildman–Crippen LogP) is 8.30. The van der Waals surface area contributed by atoms with Crippen molar-refractivity contribution >= 4 is 68.3 Å². The Morgan fingerprint density at radius 1 is 0.700 bits per heavy atom. The van der Waals surface area contributed by atoms with E-state index in [1.807, 2.05) is 45.0 Å². The van der Waals surface area contributed by atoms with E-state index in [2.05, 4.69) is 40.0 Å². The second kappa shape index (κ2) is 17.3. The molecular weight excluding hydrogens is 677 g/mol. The van der Waals surface area contributed by atoms with Gasteiger partial charge in [-0.05, 0) is 63.8 Å². The predicted molar refractivity (Wildman–Crippen MR) is 196 cm³/mol. The lowest BCUT2D eigenvalue weighted by molar-refractivity contribution is 0.0916. The Morgan fingerprint density at radius 2 is 1.16 bits per heavy atom. The fraction of sp³-hybridized carbons (Fsp3) is 0.429. The van der Waals surface area contributed by atoms with Crippen LogP contribution in [-0.4, -0.2) is 49.5 Å². The number of ketones is 2. The van der Waals surface area contributed by atoms with E-state index in [4.69, 9.17) is 4.74 Å². The second-order valence-corrected chi connectivity index (χ2v) is 13.9. The number of methoxy groups -OCH3 is 1. The zero-order valence-corrected chi connectivity index (χ0v) is 30.3. The normalized spacial score (nSPS) is 14.4. The fourth-order valence-electron chi connectivity index (χ4n) is 6.05. The smallest absolute Gasteiger partial charge is 0.329 e. The van der Waals surface area contributed by atoms with Crippen molar-refractivity contribution in [2.45, 2.75) is 78.6 Å². The van der Waals surface area contributed by atoms with Gasteiger partial charge in [0.25, 0.3) is 0 Å². The molecule has 4 aromatic rings. The molecule has 0 radical (unpaired) electrons. The van der Waals surface area contributed by atoms with Gasteiger partial charge in [-0.25, -0.2) is 14.6 Å². The molecule has 50 heavy (non-hydrogen) atoms. The molecule has 0 unspecified atom stereocenters. The molecule has 13 nitrogen and oxygen atoms in total. The molecule has 0 bridgehead atoms. The molecular formula is C35H42N8O5S2. The third kappa shape index (κ3) is 9.69. The number of nitrogens with zero attached hydrogens (tertiary/aromatic N) is 4. The molecule has 264 valence electrons. The zero-order chi connectivity index (χ0) is 35.6. The van der Waals surface area contributed by atoms with Gasteiger partial charge in [0.2, 0.25) is 10.3 Å². The molecule has 2 aromatic heterocycles. The number of amides is 4. The third-order valence-electron chi connectivity index (χ3n) is 8.64. The number of carbonyl (C=O) groups is 4. The molecule has 4 amide bonds. The second-order valence-electron chi connectivity index (χ2n) is 12.4. The van der Waals surface area contributed by atoms with Crippen LogP contribution in [0.25, 0.3) is 0 Å². The number of nitrogens with one attached hydrogen (secondary N) is 4. The SMILES string of the molecule is CCc1nsc(NC(=O)Nc2ccc(C)cc2C(=O)C2CCCC2)n1.COc1nsc(NC(=O)Nc2ccc(C)cc2C(=O)C2CCCC2)n1. The molecule has 0 saturated heterocycles. The van der Waals surface area contributed by atoms with E-state index in [1.165, 1.54) is 7.11 Å². The van der Waals surface area contributed by atoms with Gasteiger partial charge < -0.3 is 15.4 Å². The van der Waals surface area contributed by atoms with Gasteiger partial charge in [0.05, 0.1) is 18.5 Å². The number of urea groups is 2. The number of carbonyl (C=O) groups excluding carboxylic acids is 4. The summed E-state index contributed by atoms with van der Waals surface area (Å²) in [5.74, 6) is 1.06. The van der Waals surface area contributed by atoms with Crippen LogP contribution in [0.5, 0.6) is 6.01 Å². The number of hydrogen-bond donors (Lipinski definition) is 4. The average molecular weight is 719 g/mol. The average Bonchev–Trinajstić information content (AvgIpc) is 3.94. The number of aromatic nitrogens is 4. The summed E-state index contributed by atoms with van der Waals surface area (Å²) in [7, 11) is 1.46. The number of ether oxygens (including phenoxy) is 1. The molecule has 0 aliphatic heterocycles. The van der Waals surface area contributed by atoms with Crippen LogP contribution in [-0.2, 0) is 6.42 Å². The molecule has 2 aromatic carbocycles. The van der Waals surface area contributed by atoms with Gasteiger partial charge in [0.1, 0.15) is 5.82 Å². The monoisotopic (exact) mass is 718 g/mol. The Bertz CT molecular complexity index is 1700. The minimum absolute atomic E-state index is 0.0536. The van der Waals surface area contributed by atoms with Gasteiger partial charge in [-0.3, -0.25) is 20.2 Å². The van der Waals surface area contributed by atoms with Gasteiger partial charge in [-0.15, -0.1) is 4.37 Å². The minimum Gasteiger partial charge on any atom is -0.466 e. The Morgan fingerprint density at radius 3 is 1.58 bits per heavy atom. The summed E-state index contributed by atoms with van der Waals surface area (Å²) in [6, 6.07) is 10.3. The van der Waals surface area contributed by atoms with Gasteiger partial charge in [0.15, 0.2) is 11.6 Å².